The summed E-state index contributed by atoms with van der Waals surface area (Å²) in [5.41, 5.74) is 5.58. The standard InChI is InChI=1S/C9H6F2N2S/c10-6-4-8(12)7(11)3-5(6)9-1-2-14-13-9/h1-4H,12H2. The zero-order valence-electron chi connectivity index (χ0n) is 7.00. The van der Waals surface area contributed by atoms with Gasteiger partial charge in [-0.25, -0.2) is 8.78 Å². The van der Waals surface area contributed by atoms with Crippen LogP contribution in [0.1, 0.15) is 0 Å². The smallest absolute Gasteiger partial charge is 0.146 e. The molecule has 0 aliphatic heterocycles. The number of aromatic nitrogens is 1. The minimum atomic E-state index is -0.630. The molecule has 0 radical (unpaired) electrons. The number of benzene rings is 1. The normalized spacial score (nSPS) is 10.4. The Morgan fingerprint density at radius 1 is 1.21 bits per heavy atom. The van der Waals surface area contributed by atoms with Crippen LogP contribution >= 0.6 is 11.5 Å². The fourth-order valence-corrected chi connectivity index (χ4v) is 1.63. The highest BCUT2D eigenvalue weighted by Gasteiger charge is 2.10. The summed E-state index contributed by atoms with van der Waals surface area (Å²) < 4.78 is 30.3. The molecule has 0 saturated heterocycles. The summed E-state index contributed by atoms with van der Waals surface area (Å²) in [7, 11) is 0. The van der Waals surface area contributed by atoms with Crippen LogP contribution in [-0.4, -0.2) is 4.37 Å². The van der Waals surface area contributed by atoms with Crippen LogP contribution in [-0.2, 0) is 0 Å². The van der Waals surface area contributed by atoms with E-state index in [4.69, 9.17) is 5.73 Å². The zero-order chi connectivity index (χ0) is 10.1. The molecule has 1 heterocycles. The van der Waals surface area contributed by atoms with E-state index in [2.05, 4.69) is 4.37 Å². The quantitative estimate of drug-likeness (QED) is 0.738. The summed E-state index contributed by atoms with van der Waals surface area (Å²) >= 11 is 1.18. The van der Waals surface area contributed by atoms with Crippen molar-refractivity contribution in [1.29, 1.82) is 0 Å². The molecule has 0 amide bonds. The summed E-state index contributed by atoms with van der Waals surface area (Å²) in [6, 6.07) is 3.64. The lowest BCUT2D eigenvalue weighted by Gasteiger charge is -2.01. The molecule has 0 bridgehead atoms. The predicted octanol–water partition coefficient (Wildman–Crippen LogP) is 2.67. The van der Waals surface area contributed by atoms with E-state index in [9.17, 15) is 8.78 Å². The van der Waals surface area contributed by atoms with Gasteiger partial charge in [0.25, 0.3) is 0 Å². The van der Waals surface area contributed by atoms with Gasteiger partial charge in [-0.3, -0.25) is 0 Å². The van der Waals surface area contributed by atoms with Gasteiger partial charge in [-0.15, -0.1) is 0 Å². The number of nitrogens with zero attached hydrogens (tertiary/aromatic N) is 1. The van der Waals surface area contributed by atoms with Gasteiger partial charge in [0.1, 0.15) is 11.6 Å². The van der Waals surface area contributed by atoms with Crippen LogP contribution in [0, 0.1) is 11.6 Å². The summed E-state index contributed by atoms with van der Waals surface area (Å²) in [5, 5.41) is 1.70. The van der Waals surface area contributed by atoms with E-state index >= 15 is 0 Å². The number of anilines is 1. The first kappa shape index (κ1) is 9.08. The van der Waals surface area contributed by atoms with Crippen molar-refractivity contribution in [2.45, 2.75) is 0 Å². The van der Waals surface area contributed by atoms with Crippen LogP contribution in [0.2, 0.25) is 0 Å². The van der Waals surface area contributed by atoms with E-state index in [1.807, 2.05) is 0 Å². The van der Waals surface area contributed by atoms with E-state index in [0.717, 1.165) is 12.1 Å². The molecule has 2 aromatic rings. The largest absolute Gasteiger partial charge is 0.396 e. The van der Waals surface area contributed by atoms with Crippen LogP contribution in [0.25, 0.3) is 11.3 Å². The van der Waals surface area contributed by atoms with Crippen LogP contribution in [0.5, 0.6) is 0 Å². The molecule has 14 heavy (non-hydrogen) atoms. The topological polar surface area (TPSA) is 38.9 Å². The Balaban J connectivity index is 2.60. The van der Waals surface area contributed by atoms with Crippen LogP contribution in [0.15, 0.2) is 23.6 Å². The van der Waals surface area contributed by atoms with Crippen molar-refractivity contribution in [3.63, 3.8) is 0 Å². The van der Waals surface area contributed by atoms with Gasteiger partial charge in [-0.1, -0.05) is 0 Å². The average molecular weight is 212 g/mol. The summed E-state index contributed by atoms with van der Waals surface area (Å²) in [6.07, 6.45) is 0. The maximum atomic E-state index is 13.3. The highest BCUT2D eigenvalue weighted by molar-refractivity contribution is 7.03. The van der Waals surface area contributed by atoms with E-state index < -0.39 is 11.6 Å². The van der Waals surface area contributed by atoms with Gasteiger partial charge in [0.15, 0.2) is 0 Å². The van der Waals surface area contributed by atoms with E-state index in [1.165, 1.54) is 11.5 Å². The lowest BCUT2D eigenvalue weighted by atomic mass is 10.1. The Labute approximate surface area is 83.2 Å². The van der Waals surface area contributed by atoms with Gasteiger partial charge in [0.2, 0.25) is 0 Å². The van der Waals surface area contributed by atoms with Gasteiger partial charge >= 0.3 is 0 Å². The molecule has 2 rings (SSSR count). The molecular formula is C9H6F2N2S. The molecule has 0 unspecified atom stereocenters. The van der Waals surface area contributed by atoms with Crippen LogP contribution < -0.4 is 5.73 Å². The molecular weight excluding hydrogens is 206 g/mol. The Kier molecular flexibility index (Phi) is 2.17. The number of nitrogens with two attached hydrogens (primary N) is 1. The third kappa shape index (κ3) is 1.46. The highest BCUT2D eigenvalue weighted by Crippen LogP contribution is 2.25. The van der Waals surface area contributed by atoms with Gasteiger partial charge in [-0.05, 0) is 23.7 Å². The number of rotatable bonds is 1. The predicted molar refractivity (Wildman–Crippen MR) is 51.9 cm³/mol. The molecule has 1 aromatic heterocycles. The van der Waals surface area contributed by atoms with Gasteiger partial charge < -0.3 is 5.73 Å². The van der Waals surface area contributed by atoms with Crippen molar-refractivity contribution in [3.8, 4) is 11.3 Å². The second-order valence-electron chi connectivity index (χ2n) is 2.74. The Morgan fingerprint density at radius 3 is 2.64 bits per heavy atom. The summed E-state index contributed by atoms with van der Waals surface area (Å²) in [5.74, 6) is -1.19. The van der Waals surface area contributed by atoms with Crippen molar-refractivity contribution in [2.75, 3.05) is 5.73 Å². The molecule has 0 saturated carbocycles. The average Bonchev–Trinajstić information content (AvgIpc) is 2.64. The first-order chi connectivity index (χ1) is 6.68. The second kappa shape index (κ2) is 3.34. The second-order valence-corrected chi connectivity index (χ2v) is 3.40. The van der Waals surface area contributed by atoms with Crippen molar-refractivity contribution >= 4 is 17.2 Å². The maximum absolute atomic E-state index is 13.3. The van der Waals surface area contributed by atoms with Gasteiger partial charge in [0, 0.05) is 17.0 Å². The molecule has 2 nitrogen and oxygen atoms in total. The van der Waals surface area contributed by atoms with Crippen molar-refractivity contribution in [1.82, 2.24) is 4.37 Å². The van der Waals surface area contributed by atoms with E-state index in [0.29, 0.717) is 5.69 Å². The third-order valence-corrected chi connectivity index (χ3v) is 2.36. The lowest BCUT2D eigenvalue weighted by molar-refractivity contribution is 0.607. The minimum Gasteiger partial charge on any atom is -0.396 e. The first-order valence-electron chi connectivity index (χ1n) is 3.84. The van der Waals surface area contributed by atoms with E-state index in [1.54, 1.807) is 11.4 Å². The first-order valence-corrected chi connectivity index (χ1v) is 4.67. The lowest BCUT2D eigenvalue weighted by Crippen LogP contribution is -1.94. The van der Waals surface area contributed by atoms with Crippen LogP contribution in [0.4, 0.5) is 14.5 Å². The van der Waals surface area contributed by atoms with Crippen molar-refractivity contribution in [2.24, 2.45) is 0 Å². The molecule has 1 aromatic carbocycles. The summed E-state index contributed by atoms with van der Waals surface area (Å²) in [6.45, 7) is 0. The maximum Gasteiger partial charge on any atom is 0.146 e. The Morgan fingerprint density at radius 2 is 2.00 bits per heavy atom. The van der Waals surface area contributed by atoms with Crippen molar-refractivity contribution < 1.29 is 8.78 Å². The molecule has 72 valence electrons. The highest BCUT2D eigenvalue weighted by atomic mass is 32.1. The summed E-state index contributed by atoms with van der Waals surface area (Å²) in [4.78, 5) is 0. The monoisotopic (exact) mass is 212 g/mol. The molecule has 0 atom stereocenters. The Bertz CT molecular complexity index is 454. The third-order valence-electron chi connectivity index (χ3n) is 1.80. The Hall–Kier alpha value is -1.49. The number of hydrogen-bond donors (Lipinski definition) is 1. The minimum absolute atomic E-state index is 0.137. The molecule has 0 aliphatic rings. The number of nitrogen functional groups attached to an aromatic ring is 1. The van der Waals surface area contributed by atoms with E-state index in [-0.39, 0.29) is 11.3 Å². The van der Waals surface area contributed by atoms with Crippen LogP contribution in [0.3, 0.4) is 0 Å². The van der Waals surface area contributed by atoms with Gasteiger partial charge in [0.05, 0.1) is 11.4 Å². The molecule has 0 aliphatic carbocycles. The SMILES string of the molecule is Nc1cc(F)c(-c2ccsn2)cc1F. The molecule has 5 heteroatoms. The number of halogens is 2. The van der Waals surface area contributed by atoms with Gasteiger partial charge in [-0.2, -0.15) is 4.37 Å². The molecule has 2 N–H and O–H groups in total. The fraction of sp³-hybridized carbons (Fsp3) is 0. The molecule has 0 spiro atoms. The van der Waals surface area contributed by atoms with Crippen molar-refractivity contribution in [3.05, 3.63) is 35.2 Å². The zero-order valence-corrected chi connectivity index (χ0v) is 7.81. The number of hydrogen-bond acceptors (Lipinski definition) is 3. The molecule has 0 fully saturated rings. The fourth-order valence-electron chi connectivity index (χ4n) is 1.11.